The van der Waals surface area contributed by atoms with Crippen LogP contribution in [0.4, 0.5) is 10.2 Å². The van der Waals surface area contributed by atoms with Crippen LogP contribution in [0, 0.1) is 23.6 Å². The van der Waals surface area contributed by atoms with E-state index in [4.69, 9.17) is 16.3 Å². The summed E-state index contributed by atoms with van der Waals surface area (Å²) in [5.41, 5.74) is 0.225. The number of hydrogen-bond donors (Lipinski definition) is 1. The largest absolute Gasteiger partial charge is 0.466 e. The van der Waals surface area contributed by atoms with Crippen molar-refractivity contribution in [3.05, 3.63) is 28.1 Å². The first-order valence-electron chi connectivity index (χ1n) is 10.8. The molecule has 4 aliphatic carbocycles. The van der Waals surface area contributed by atoms with E-state index in [9.17, 15) is 4.79 Å². The first-order valence-corrected chi connectivity index (χ1v) is 12.0. The van der Waals surface area contributed by atoms with E-state index in [1.807, 2.05) is 13.0 Å². The number of fused-ring (bicyclic) bond motifs is 3. The lowest BCUT2D eigenvalue weighted by Crippen LogP contribution is -2.52. The van der Waals surface area contributed by atoms with Crippen LogP contribution in [0.15, 0.2) is 12.1 Å². The Morgan fingerprint density at radius 2 is 1.93 bits per heavy atom. The number of carbonyl (C=O) groups excluding carboxylic acids is 1. The molecule has 2 aromatic rings. The highest BCUT2D eigenvalue weighted by Crippen LogP contribution is 2.48. The molecular weight excluding hydrogens is 425 g/mol. The average molecular weight is 450 g/mol. The molecule has 0 radical (unpaired) electrons. The van der Waals surface area contributed by atoms with Gasteiger partial charge in [-0.1, -0.05) is 0 Å². The lowest BCUT2D eigenvalue weighted by Gasteiger charge is -2.47. The van der Waals surface area contributed by atoms with Gasteiger partial charge in [0, 0.05) is 10.9 Å². The molecule has 0 saturated heterocycles. The Morgan fingerprint density at radius 3 is 2.63 bits per heavy atom. The summed E-state index contributed by atoms with van der Waals surface area (Å²) in [6.45, 7) is 2.16. The summed E-state index contributed by atoms with van der Waals surface area (Å²) in [5, 5.41) is 3.26. The Morgan fingerprint density at radius 1 is 1.20 bits per heavy atom. The van der Waals surface area contributed by atoms with Crippen molar-refractivity contribution in [3.63, 3.8) is 0 Å². The zero-order valence-electron chi connectivity index (χ0n) is 16.9. The standard InChI is InChI=1S/C22H25ClFN3O2S/c1-2-29-21(28)16-12-5-7-13(8-6-12)18(16)25-20-17(24)19(26-22(23)27-20)15-10-9-14(30-15)11-3-4-11/h9-13,16,18H,2-8H2,1H3,(H,25,26,27). The van der Waals surface area contributed by atoms with Gasteiger partial charge in [0.15, 0.2) is 11.6 Å². The molecule has 0 aromatic carbocycles. The number of anilines is 1. The molecule has 2 aromatic heterocycles. The number of carbonyl (C=O) groups is 1. The molecule has 0 aliphatic heterocycles. The third-order valence-corrected chi connectivity index (χ3v) is 8.17. The zero-order chi connectivity index (χ0) is 20.8. The number of ether oxygens (including phenoxy) is 1. The molecule has 1 N–H and O–H groups in total. The predicted octanol–water partition coefficient (Wildman–Crippen LogP) is 5.65. The van der Waals surface area contributed by atoms with Crippen LogP contribution in [0.1, 0.15) is 56.2 Å². The van der Waals surface area contributed by atoms with E-state index in [-0.39, 0.29) is 40.6 Å². The summed E-state index contributed by atoms with van der Waals surface area (Å²) in [7, 11) is 0. The second kappa shape index (κ2) is 8.08. The minimum atomic E-state index is -0.507. The van der Waals surface area contributed by atoms with Crippen LogP contribution in [-0.2, 0) is 9.53 Å². The van der Waals surface area contributed by atoms with E-state index in [2.05, 4.69) is 21.4 Å². The van der Waals surface area contributed by atoms with Gasteiger partial charge in [-0.25, -0.2) is 9.37 Å². The highest BCUT2D eigenvalue weighted by molar-refractivity contribution is 7.15. The zero-order valence-corrected chi connectivity index (χ0v) is 18.4. The smallest absolute Gasteiger partial charge is 0.311 e. The summed E-state index contributed by atoms with van der Waals surface area (Å²) in [6.07, 6.45) is 6.48. The van der Waals surface area contributed by atoms with Crippen LogP contribution in [0.25, 0.3) is 10.6 Å². The number of hydrogen-bond acceptors (Lipinski definition) is 6. The number of halogens is 2. The predicted molar refractivity (Wildman–Crippen MR) is 115 cm³/mol. The Kier molecular flexibility index (Phi) is 5.44. The molecule has 0 spiro atoms. The van der Waals surface area contributed by atoms with E-state index in [1.54, 1.807) is 11.3 Å². The minimum Gasteiger partial charge on any atom is -0.466 e. The highest BCUT2D eigenvalue weighted by atomic mass is 35.5. The van der Waals surface area contributed by atoms with Gasteiger partial charge in [-0.05, 0) is 86.9 Å². The monoisotopic (exact) mass is 449 g/mol. The maximum Gasteiger partial charge on any atom is 0.311 e. The fourth-order valence-electron chi connectivity index (χ4n) is 5.14. The van der Waals surface area contributed by atoms with Crippen molar-refractivity contribution in [3.8, 4) is 10.6 Å². The summed E-state index contributed by atoms with van der Waals surface area (Å²) in [5.74, 6) is 0.263. The van der Waals surface area contributed by atoms with Crippen molar-refractivity contribution in [1.29, 1.82) is 0 Å². The van der Waals surface area contributed by atoms with E-state index < -0.39 is 5.82 Å². The summed E-state index contributed by atoms with van der Waals surface area (Å²) < 4.78 is 20.8. The maximum absolute atomic E-state index is 15.5. The van der Waals surface area contributed by atoms with Crippen LogP contribution in [-0.4, -0.2) is 28.6 Å². The Bertz CT molecular complexity index is 956. The van der Waals surface area contributed by atoms with Crippen molar-refractivity contribution in [2.24, 2.45) is 17.8 Å². The van der Waals surface area contributed by atoms with E-state index in [1.165, 1.54) is 17.7 Å². The second-order valence-electron chi connectivity index (χ2n) is 8.60. The van der Waals surface area contributed by atoms with E-state index in [0.29, 0.717) is 18.4 Å². The van der Waals surface area contributed by atoms with Crippen LogP contribution in [0.5, 0.6) is 0 Å². The molecule has 160 valence electrons. The molecule has 2 unspecified atom stereocenters. The first-order chi connectivity index (χ1) is 14.5. The van der Waals surface area contributed by atoms with Gasteiger partial charge in [0.05, 0.1) is 17.4 Å². The summed E-state index contributed by atoms with van der Waals surface area (Å²) in [6, 6.07) is 3.76. The van der Waals surface area contributed by atoms with Gasteiger partial charge in [-0.3, -0.25) is 4.79 Å². The quantitative estimate of drug-likeness (QED) is 0.455. The molecule has 4 aliphatic rings. The van der Waals surface area contributed by atoms with Gasteiger partial charge in [-0.2, -0.15) is 4.98 Å². The molecule has 4 saturated carbocycles. The third kappa shape index (κ3) is 3.71. The number of thiophene rings is 1. The number of nitrogens with zero attached hydrogens (tertiary/aromatic N) is 2. The molecule has 5 nitrogen and oxygen atoms in total. The summed E-state index contributed by atoms with van der Waals surface area (Å²) >= 11 is 7.75. The Balaban J connectivity index is 1.46. The molecule has 2 bridgehead atoms. The van der Waals surface area contributed by atoms with Crippen LogP contribution in [0.2, 0.25) is 5.28 Å². The normalized spacial score (nSPS) is 27.8. The fourth-order valence-corrected chi connectivity index (χ4v) is 6.47. The van der Waals surface area contributed by atoms with Crippen LogP contribution in [0.3, 0.4) is 0 Å². The SMILES string of the molecule is CCOC(=O)C1C2CCC(CC2)C1Nc1nc(Cl)nc(-c2ccc(C3CC3)s2)c1F. The van der Waals surface area contributed by atoms with Gasteiger partial charge in [-0.15, -0.1) is 11.3 Å². The minimum absolute atomic E-state index is 0.00363. The van der Waals surface area contributed by atoms with Gasteiger partial charge in [0.2, 0.25) is 5.28 Å². The number of aromatic nitrogens is 2. The number of rotatable bonds is 6. The molecule has 0 amide bonds. The molecule has 2 heterocycles. The molecular formula is C22H25ClFN3O2S. The maximum atomic E-state index is 15.5. The fraction of sp³-hybridized carbons (Fsp3) is 0.591. The first kappa shape index (κ1) is 20.2. The lowest BCUT2D eigenvalue weighted by molar-refractivity contribution is -0.154. The lowest BCUT2D eigenvalue weighted by atomic mass is 9.61. The highest BCUT2D eigenvalue weighted by Gasteiger charge is 2.48. The van der Waals surface area contributed by atoms with Crippen molar-refractivity contribution in [1.82, 2.24) is 9.97 Å². The molecule has 8 heteroatoms. The van der Waals surface area contributed by atoms with Crippen molar-refractivity contribution >= 4 is 34.7 Å². The van der Waals surface area contributed by atoms with Gasteiger partial charge in [0.1, 0.15) is 5.69 Å². The van der Waals surface area contributed by atoms with E-state index in [0.717, 1.165) is 30.6 Å². The van der Waals surface area contributed by atoms with Crippen molar-refractivity contribution < 1.29 is 13.9 Å². The Hall–Kier alpha value is -1.73. The molecule has 2 atom stereocenters. The van der Waals surface area contributed by atoms with Gasteiger partial charge in [0.25, 0.3) is 0 Å². The molecule has 6 rings (SSSR count). The van der Waals surface area contributed by atoms with Crippen molar-refractivity contribution in [2.45, 2.75) is 57.4 Å². The summed E-state index contributed by atoms with van der Waals surface area (Å²) in [4.78, 5) is 23.0. The Labute approximate surface area is 184 Å². The van der Waals surface area contributed by atoms with Crippen LogP contribution < -0.4 is 5.32 Å². The molecule has 4 fully saturated rings. The number of nitrogens with one attached hydrogen (secondary N) is 1. The average Bonchev–Trinajstić information content (AvgIpc) is 3.48. The van der Waals surface area contributed by atoms with Gasteiger partial charge < -0.3 is 10.1 Å². The number of esters is 1. The van der Waals surface area contributed by atoms with Crippen LogP contribution >= 0.6 is 22.9 Å². The van der Waals surface area contributed by atoms with Crippen molar-refractivity contribution in [2.75, 3.05) is 11.9 Å². The third-order valence-electron chi connectivity index (χ3n) is 6.75. The second-order valence-corrected chi connectivity index (χ2v) is 10.1. The van der Waals surface area contributed by atoms with E-state index >= 15 is 4.39 Å². The van der Waals surface area contributed by atoms with Gasteiger partial charge >= 0.3 is 5.97 Å². The topological polar surface area (TPSA) is 64.1 Å². The molecule has 30 heavy (non-hydrogen) atoms.